The minimum absolute atomic E-state index is 0.00300. The van der Waals surface area contributed by atoms with E-state index in [1.807, 2.05) is 48.5 Å². The number of nitrogens with zero attached hydrogens (tertiary/aromatic N) is 1. The first-order valence-electron chi connectivity index (χ1n) is 8.53. The summed E-state index contributed by atoms with van der Waals surface area (Å²) in [7, 11) is 1.65. The van der Waals surface area contributed by atoms with Gasteiger partial charge in [0.05, 0.1) is 12.3 Å². The topological polar surface area (TPSA) is 67.9 Å². The smallest absolute Gasteiger partial charge is 0.265 e. The van der Waals surface area contributed by atoms with Crippen LogP contribution in [0.25, 0.3) is 0 Å². The Morgan fingerprint density at radius 3 is 2.69 bits per heavy atom. The van der Waals surface area contributed by atoms with Gasteiger partial charge in [-0.25, -0.2) is 0 Å². The third-order valence-electron chi connectivity index (χ3n) is 4.26. The average molecular weight is 354 g/mol. The van der Waals surface area contributed by atoms with Crippen LogP contribution in [0.2, 0.25) is 0 Å². The summed E-state index contributed by atoms with van der Waals surface area (Å²) < 4.78 is 10.6. The average Bonchev–Trinajstić information content (AvgIpc) is 2.67. The van der Waals surface area contributed by atoms with Gasteiger partial charge in [-0.15, -0.1) is 0 Å². The van der Waals surface area contributed by atoms with E-state index in [0.29, 0.717) is 31.1 Å². The SMILES string of the molecule is COCc1ccccc1CNC(=O)CCN1C(=O)COc2ccccc21. The van der Waals surface area contributed by atoms with Crippen molar-refractivity contribution < 1.29 is 19.1 Å². The summed E-state index contributed by atoms with van der Waals surface area (Å²) in [5, 5.41) is 2.91. The molecule has 6 heteroatoms. The molecule has 6 nitrogen and oxygen atoms in total. The molecule has 0 unspecified atom stereocenters. The molecule has 0 spiro atoms. The van der Waals surface area contributed by atoms with Crippen LogP contribution in [0.3, 0.4) is 0 Å². The van der Waals surface area contributed by atoms with Gasteiger partial charge in [0, 0.05) is 26.6 Å². The summed E-state index contributed by atoms with van der Waals surface area (Å²) in [4.78, 5) is 26.0. The minimum Gasteiger partial charge on any atom is -0.482 e. The summed E-state index contributed by atoms with van der Waals surface area (Å²) in [6.45, 7) is 1.27. The van der Waals surface area contributed by atoms with E-state index in [-0.39, 0.29) is 24.8 Å². The van der Waals surface area contributed by atoms with Crippen molar-refractivity contribution in [3.05, 3.63) is 59.7 Å². The number of fused-ring (bicyclic) bond motifs is 1. The van der Waals surface area contributed by atoms with E-state index in [9.17, 15) is 9.59 Å². The van der Waals surface area contributed by atoms with Crippen LogP contribution in [0, 0.1) is 0 Å². The molecule has 2 aromatic carbocycles. The quantitative estimate of drug-likeness (QED) is 0.828. The number of methoxy groups -OCH3 is 1. The maximum Gasteiger partial charge on any atom is 0.265 e. The molecule has 0 bridgehead atoms. The fraction of sp³-hybridized carbons (Fsp3) is 0.300. The highest BCUT2D eigenvalue weighted by Crippen LogP contribution is 2.31. The molecule has 1 aliphatic heterocycles. The zero-order valence-corrected chi connectivity index (χ0v) is 14.7. The standard InChI is InChI=1S/C20H22N2O4/c1-25-13-16-7-3-2-6-15(16)12-21-19(23)10-11-22-17-8-4-5-9-18(17)26-14-20(22)24/h2-9H,10-14H2,1H3,(H,21,23). The van der Waals surface area contributed by atoms with Gasteiger partial charge in [-0.05, 0) is 23.3 Å². The molecule has 1 N–H and O–H groups in total. The zero-order chi connectivity index (χ0) is 18.4. The van der Waals surface area contributed by atoms with Crippen molar-refractivity contribution in [2.24, 2.45) is 0 Å². The van der Waals surface area contributed by atoms with Gasteiger partial charge in [-0.1, -0.05) is 36.4 Å². The van der Waals surface area contributed by atoms with Crippen molar-refractivity contribution in [3.8, 4) is 5.75 Å². The molecule has 2 amide bonds. The summed E-state index contributed by atoms with van der Waals surface area (Å²) in [5.74, 6) is 0.428. The number of benzene rings is 2. The Morgan fingerprint density at radius 1 is 1.15 bits per heavy atom. The van der Waals surface area contributed by atoms with Gasteiger partial charge in [-0.2, -0.15) is 0 Å². The summed E-state index contributed by atoms with van der Waals surface area (Å²) in [6, 6.07) is 15.2. The van der Waals surface area contributed by atoms with Gasteiger partial charge in [-0.3, -0.25) is 9.59 Å². The predicted octanol–water partition coefficient (Wildman–Crippen LogP) is 2.26. The van der Waals surface area contributed by atoms with Crippen molar-refractivity contribution in [3.63, 3.8) is 0 Å². The van der Waals surface area contributed by atoms with Gasteiger partial charge in [0.2, 0.25) is 5.91 Å². The molecule has 0 fully saturated rings. The molecule has 0 saturated heterocycles. The van der Waals surface area contributed by atoms with E-state index < -0.39 is 0 Å². The molecular weight excluding hydrogens is 332 g/mol. The lowest BCUT2D eigenvalue weighted by atomic mass is 10.1. The van der Waals surface area contributed by atoms with Gasteiger partial charge in [0.1, 0.15) is 5.75 Å². The molecule has 3 rings (SSSR count). The Bertz CT molecular complexity index is 791. The number of para-hydroxylation sites is 2. The number of hydrogen-bond donors (Lipinski definition) is 1. The van der Waals surface area contributed by atoms with E-state index in [1.54, 1.807) is 12.0 Å². The van der Waals surface area contributed by atoms with E-state index in [0.717, 1.165) is 11.1 Å². The monoisotopic (exact) mass is 354 g/mol. The Labute approximate surface area is 152 Å². The largest absolute Gasteiger partial charge is 0.482 e. The Kier molecular flexibility index (Phi) is 5.86. The van der Waals surface area contributed by atoms with Crippen LogP contribution < -0.4 is 15.0 Å². The van der Waals surface area contributed by atoms with Crippen molar-refractivity contribution in [2.45, 2.75) is 19.6 Å². The fourth-order valence-electron chi connectivity index (χ4n) is 2.92. The number of carbonyl (C=O) groups is 2. The van der Waals surface area contributed by atoms with Crippen molar-refractivity contribution in [2.75, 3.05) is 25.2 Å². The third-order valence-corrected chi connectivity index (χ3v) is 4.26. The van der Waals surface area contributed by atoms with Crippen LogP contribution in [0.5, 0.6) is 5.75 Å². The lowest BCUT2D eigenvalue weighted by Crippen LogP contribution is -2.41. The second-order valence-electron chi connectivity index (χ2n) is 6.03. The van der Waals surface area contributed by atoms with Gasteiger partial charge < -0.3 is 19.7 Å². The van der Waals surface area contributed by atoms with Crippen LogP contribution in [0.15, 0.2) is 48.5 Å². The lowest BCUT2D eigenvalue weighted by molar-refractivity contribution is -0.122. The molecule has 0 atom stereocenters. The summed E-state index contributed by atoms with van der Waals surface area (Å²) in [6.07, 6.45) is 0.229. The predicted molar refractivity (Wildman–Crippen MR) is 97.9 cm³/mol. The summed E-state index contributed by atoms with van der Waals surface area (Å²) >= 11 is 0. The maximum absolute atomic E-state index is 12.2. The molecular formula is C20H22N2O4. The van der Waals surface area contributed by atoms with Crippen molar-refractivity contribution in [1.29, 1.82) is 0 Å². The molecule has 0 aromatic heterocycles. The summed E-state index contributed by atoms with van der Waals surface area (Å²) in [5.41, 5.74) is 2.78. The van der Waals surface area contributed by atoms with Crippen molar-refractivity contribution >= 4 is 17.5 Å². The number of amides is 2. The molecule has 0 saturated carbocycles. The lowest BCUT2D eigenvalue weighted by Gasteiger charge is -2.29. The van der Waals surface area contributed by atoms with E-state index in [2.05, 4.69) is 5.32 Å². The molecule has 0 radical (unpaired) electrons. The number of nitrogens with one attached hydrogen (secondary N) is 1. The first-order chi connectivity index (χ1) is 12.7. The third kappa shape index (κ3) is 4.21. The minimum atomic E-state index is -0.137. The fourth-order valence-corrected chi connectivity index (χ4v) is 2.92. The van der Waals surface area contributed by atoms with E-state index >= 15 is 0 Å². The highest BCUT2D eigenvalue weighted by Gasteiger charge is 2.25. The molecule has 1 heterocycles. The van der Waals surface area contributed by atoms with Crippen LogP contribution in [0.1, 0.15) is 17.5 Å². The number of rotatable bonds is 7. The van der Waals surface area contributed by atoms with Crippen LogP contribution in [0.4, 0.5) is 5.69 Å². The molecule has 0 aliphatic carbocycles. The molecule has 26 heavy (non-hydrogen) atoms. The van der Waals surface area contributed by atoms with Gasteiger partial charge >= 0.3 is 0 Å². The Morgan fingerprint density at radius 2 is 1.88 bits per heavy atom. The maximum atomic E-state index is 12.2. The van der Waals surface area contributed by atoms with Crippen LogP contribution in [-0.4, -0.2) is 32.1 Å². The molecule has 136 valence electrons. The number of anilines is 1. The second kappa shape index (κ2) is 8.49. The number of ether oxygens (including phenoxy) is 2. The normalized spacial score (nSPS) is 13.1. The Balaban J connectivity index is 1.56. The second-order valence-corrected chi connectivity index (χ2v) is 6.03. The highest BCUT2D eigenvalue weighted by atomic mass is 16.5. The van der Waals surface area contributed by atoms with Crippen LogP contribution >= 0.6 is 0 Å². The molecule has 2 aromatic rings. The first kappa shape index (κ1) is 17.9. The first-order valence-corrected chi connectivity index (χ1v) is 8.53. The van der Waals surface area contributed by atoms with Crippen molar-refractivity contribution in [1.82, 2.24) is 5.32 Å². The number of hydrogen-bond acceptors (Lipinski definition) is 4. The Hall–Kier alpha value is -2.86. The zero-order valence-electron chi connectivity index (χ0n) is 14.7. The number of carbonyl (C=O) groups excluding carboxylic acids is 2. The van der Waals surface area contributed by atoms with Gasteiger partial charge in [0.15, 0.2) is 6.61 Å². The highest BCUT2D eigenvalue weighted by molar-refractivity contribution is 5.98. The van der Waals surface area contributed by atoms with E-state index in [1.165, 1.54) is 0 Å². The molecule has 1 aliphatic rings. The van der Waals surface area contributed by atoms with E-state index in [4.69, 9.17) is 9.47 Å². The van der Waals surface area contributed by atoms with Gasteiger partial charge in [0.25, 0.3) is 5.91 Å². The van der Waals surface area contributed by atoms with Crippen LogP contribution in [-0.2, 0) is 27.5 Å².